The van der Waals surface area contributed by atoms with Crippen molar-refractivity contribution in [1.29, 1.82) is 0 Å². The number of Topliss-reactive ketones (excluding diaryl/α,β-unsaturated/α-hetero) is 1. The van der Waals surface area contributed by atoms with Gasteiger partial charge in [0.05, 0.1) is 28.8 Å². The lowest BCUT2D eigenvalue weighted by molar-refractivity contribution is -0.143. The third-order valence-corrected chi connectivity index (χ3v) is 7.91. The molecule has 38 heavy (non-hydrogen) atoms. The van der Waals surface area contributed by atoms with E-state index in [9.17, 15) is 39.6 Å². The standard InChI is InChI=1S/C25H26F6N2O4S/c26-24(27,28)18-13-19(25(29,30)31)15-21(14-18)38(35,36)32-22-3-1-10-33(22)11-2-12-37-20-8-6-17(7-9-20)23(34)16-4-5-16/h6-9,13-16,22,32H,1-5,10-12H2. The van der Waals surface area contributed by atoms with Crippen molar-refractivity contribution in [2.75, 3.05) is 19.7 Å². The van der Waals surface area contributed by atoms with Crippen molar-refractivity contribution in [1.82, 2.24) is 9.62 Å². The van der Waals surface area contributed by atoms with Gasteiger partial charge in [0.25, 0.3) is 0 Å². The first-order chi connectivity index (χ1) is 17.7. The summed E-state index contributed by atoms with van der Waals surface area (Å²) < 4.78 is 113. The van der Waals surface area contributed by atoms with Gasteiger partial charge in [-0.25, -0.2) is 8.42 Å². The van der Waals surface area contributed by atoms with Crippen LogP contribution >= 0.6 is 0 Å². The van der Waals surface area contributed by atoms with Crippen LogP contribution in [-0.4, -0.2) is 45.0 Å². The maximum Gasteiger partial charge on any atom is 0.416 e. The number of nitrogens with zero attached hydrogens (tertiary/aromatic N) is 1. The van der Waals surface area contributed by atoms with Gasteiger partial charge in [0.2, 0.25) is 10.0 Å². The molecule has 1 heterocycles. The number of hydrogen-bond acceptors (Lipinski definition) is 5. The number of sulfonamides is 1. The Labute approximate surface area is 216 Å². The van der Waals surface area contributed by atoms with E-state index in [0.29, 0.717) is 43.7 Å². The Morgan fingerprint density at radius 3 is 2.11 bits per heavy atom. The predicted molar refractivity (Wildman–Crippen MR) is 125 cm³/mol. The molecular formula is C25H26F6N2O4S. The van der Waals surface area contributed by atoms with Crippen LogP contribution in [0.4, 0.5) is 26.3 Å². The highest BCUT2D eigenvalue weighted by Crippen LogP contribution is 2.37. The fraction of sp³-hybridized carbons (Fsp3) is 0.480. The van der Waals surface area contributed by atoms with Crippen LogP contribution in [0.25, 0.3) is 0 Å². The fourth-order valence-electron chi connectivity index (χ4n) is 4.31. The van der Waals surface area contributed by atoms with E-state index in [1.165, 1.54) is 0 Å². The third-order valence-electron chi connectivity index (χ3n) is 6.47. The van der Waals surface area contributed by atoms with Gasteiger partial charge in [-0.15, -0.1) is 0 Å². The summed E-state index contributed by atoms with van der Waals surface area (Å²) in [5.41, 5.74) is -2.76. The van der Waals surface area contributed by atoms with E-state index in [1.807, 2.05) is 0 Å². The van der Waals surface area contributed by atoms with Crippen molar-refractivity contribution in [3.05, 3.63) is 59.2 Å². The van der Waals surface area contributed by atoms with E-state index < -0.39 is 44.6 Å². The topological polar surface area (TPSA) is 75.7 Å². The Bertz CT molecular complexity index is 1230. The minimum absolute atomic E-state index is 0.112. The van der Waals surface area contributed by atoms with Crippen LogP contribution in [0, 0.1) is 5.92 Å². The molecule has 0 spiro atoms. The first kappa shape index (κ1) is 28.4. The molecule has 1 aliphatic heterocycles. The van der Waals surface area contributed by atoms with Gasteiger partial charge < -0.3 is 4.74 Å². The maximum atomic E-state index is 13.2. The van der Waals surface area contributed by atoms with Crippen molar-refractivity contribution < 1.29 is 44.3 Å². The van der Waals surface area contributed by atoms with E-state index in [0.717, 1.165) is 12.8 Å². The molecule has 13 heteroatoms. The van der Waals surface area contributed by atoms with Gasteiger partial charge in [-0.1, -0.05) is 0 Å². The van der Waals surface area contributed by atoms with Crippen molar-refractivity contribution >= 4 is 15.8 Å². The number of halogens is 6. The van der Waals surface area contributed by atoms with E-state index in [1.54, 1.807) is 29.2 Å². The molecule has 1 unspecified atom stereocenters. The van der Waals surface area contributed by atoms with Crippen molar-refractivity contribution in [3.63, 3.8) is 0 Å². The first-order valence-electron chi connectivity index (χ1n) is 12.1. The molecule has 2 aromatic carbocycles. The monoisotopic (exact) mass is 564 g/mol. The number of rotatable bonds is 10. The number of carbonyl (C=O) groups excluding carboxylic acids is 1. The summed E-state index contributed by atoms with van der Waals surface area (Å²) in [5, 5.41) is 0. The van der Waals surface area contributed by atoms with E-state index >= 15 is 0 Å². The average Bonchev–Trinajstić information content (AvgIpc) is 3.61. The lowest BCUT2D eigenvalue weighted by Gasteiger charge is -2.25. The van der Waals surface area contributed by atoms with Crippen molar-refractivity contribution in [3.8, 4) is 5.75 Å². The molecule has 1 N–H and O–H groups in total. The Balaban J connectivity index is 1.35. The molecule has 1 atom stereocenters. The summed E-state index contributed by atoms with van der Waals surface area (Å²) in [7, 11) is -4.68. The molecule has 208 valence electrons. The molecular weight excluding hydrogens is 538 g/mol. The third kappa shape index (κ3) is 7.06. The van der Waals surface area contributed by atoms with Crippen molar-refractivity contribution in [2.45, 2.75) is 55.5 Å². The van der Waals surface area contributed by atoms with Gasteiger partial charge in [0, 0.05) is 18.0 Å². The molecule has 1 saturated carbocycles. The van der Waals surface area contributed by atoms with Gasteiger partial charge in [-0.3, -0.25) is 9.69 Å². The summed E-state index contributed by atoms with van der Waals surface area (Å²) in [6.07, 6.45) is -7.82. The van der Waals surface area contributed by atoms with Gasteiger partial charge in [-0.05, 0) is 81.1 Å². The lowest BCUT2D eigenvalue weighted by atomic mass is 10.1. The Morgan fingerprint density at radius 1 is 0.947 bits per heavy atom. The molecule has 6 nitrogen and oxygen atoms in total. The van der Waals surface area contributed by atoms with E-state index in [-0.39, 0.29) is 36.5 Å². The number of ketones is 1. The second-order valence-electron chi connectivity index (χ2n) is 9.42. The normalized spacial score (nSPS) is 19.1. The SMILES string of the molecule is O=C(c1ccc(OCCCN2CCCC2NS(=O)(=O)c2cc(C(F)(F)F)cc(C(F)(F)F)c2)cc1)C1CC1. The smallest absolute Gasteiger partial charge is 0.416 e. The highest BCUT2D eigenvalue weighted by molar-refractivity contribution is 7.89. The second-order valence-corrected chi connectivity index (χ2v) is 11.1. The summed E-state index contributed by atoms with van der Waals surface area (Å²) in [4.78, 5) is 12.7. The molecule has 0 amide bonds. The van der Waals surface area contributed by atoms with Crippen LogP contribution in [0.1, 0.15) is 53.6 Å². The largest absolute Gasteiger partial charge is 0.494 e. The minimum Gasteiger partial charge on any atom is -0.494 e. The zero-order valence-electron chi connectivity index (χ0n) is 20.1. The zero-order chi connectivity index (χ0) is 27.7. The molecule has 2 aromatic rings. The van der Waals surface area contributed by atoms with Crippen molar-refractivity contribution in [2.24, 2.45) is 5.92 Å². The van der Waals surface area contributed by atoms with Crippen LogP contribution in [0.3, 0.4) is 0 Å². The maximum absolute atomic E-state index is 13.2. The number of nitrogens with one attached hydrogen (secondary N) is 1. The molecule has 4 rings (SSSR count). The van der Waals surface area contributed by atoms with Gasteiger partial charge in [0.15, 0.2) is 5.78 Å². The molecule has 2 aliphatic rings. The number of ether oxygens (including phenoxy) is 1. The van der Waals surface area contributed by atoms with Gasteiger partial charge >= 0.3 is 12.4 Å². The Morgan fingerprint density at radius 2 is 1.55 bits per heavy atom. The molecule has 0 aromatic heterocycles. The summed E-state index contributed by atoms with van der Waals surface area (Å²) in [6.45, 7) is 1.18. The zero-order valence-corrected chi connectivity index (χ0v) is 20.9. The lowest BCUT2D eigenvalue weighted by Crippen LogP contribution is -2.44. The van der Waals surface area contributed by atoms with Crippen LogP contribution in [-0.2, 0) is 22.4 Å². The number of benzene rings is 2. The van der Waals surface area contributed by atoms with E-state index in [2.05, 4.69) is 4.72 Å². The average molecular weight is 565 g/mol. The number of carbonyl (C=O) groups is 1. The quantitative estimate of drug-likeness (QED) is 0.235. The number of likely N-dealkylation sites (tertiary alicyclic amines) is 1. The predicted octanol–water partition coefficient (Wildman–Crippen LogP) is 5.49. The van der Waals surface area contributed by atoms with Gasteiger partial charge in [-0.2, -0.15) is 31.1 Å². The highest BCUT2D eigenvalue weighted by Gasteiger charge is 2.39. The molecule has 1 saturated heterocycles. The summed E-state index contributed by atoms with van der Waals surface area (Å²) in [5.74, 6) is 0.813. The summed E-state index contributed by atoms with van der Waals surface area (Å²) >= 11 is 0. The fourth-order valence-corrected chi connectivity index (χ4v) is 5.64. The second kappa shape index (κ2) is 10.9. The van der Waals surface area contributed by atoms with Crippen LogP contribution in [0.2, 0.25) is 0 Å². The minimum atomic E-state index is -5.15. The number of alkyl halides is 6. The highest BCUT2D eigenvalue weighted by atomic mass is 32.2. The molecule has 0 radical (unpaired) electrons. The Hall–Kier alpha value is -2.64. The van der Waals surface area contributed by atoms with Gasteiger partial charge in [0.1, 0.15) is 5.75 Å². The first-order valence-corrected chi connectivity index (χ1v) is 13.6. The number of hydrogen-bond donors (Lipinski definition) is 1. The van der Waals surface area contributed by atoms with Crippen LogP contribution in [0.15, 0.2) is 47.4 Å². The Kier molecular flexibility index (Phi) is 8.10. The summed E-state index contributed by atoms with van der Waals surface area (Å²) in [6, 6.07) is 7.11. The molecule has 0 bridgehead atoms. The van der Waals surface area contributed by atoms with Crippen LogP contribution in [0.5, 0.6) is 5.75 Å². The molecule has 2 fully saturated rings. The molecule has 1 aliphatic carbocycles. The van der Waals surface area contributed by atoms with Crippen LogP contribution < -0.4 is 9.46 Å². The van der Waals surface area contributed by atoms with E-state index in [4.69, 9.17) is 4.74 Å².